The molecular weight excluding hydrogens is 484 g/mol. The number of aryl methyl sites for hydroxylation is 1. The normalized spacial score (nSPS) is 22.1. The molecule has 3 N–H and O–H groups in total. The van der Waals surface area contributed by atoms with Gasteiger partial charge in [-0.3, -0.25) is 0 Å². The molecule has 2 heterocycles. The molecule has 4 atom stereocenters. The van der Waals surface area contributed by atoms with Crippen LogP contribution in [-0.4, -0.2) is 39.7 Å². The fraction of sp³-hybridized carbons (Fsp3) is 0.400. The molecule has 186 valence electrons. The van der Waals surface area contributed by atoms with Crippen LogP contribution >= 0.6 is 23.1 Å². The van der Waals surface area contributed by atoms with Gasteiger partial charge < -0.3 is 25.2 Å². The fourth-order valence-electron chi connectivity index (χ4n) is 3.90. The van der Waals surface area contributed by atoms with Crippen LogP contribution in [-0.2, 0) is 16.1 Å². The van der Waals surface area contributed by atoms with Gasteiger partial charge in [0.2, 0.25) is 0 Å². The third kappa shape index (κ3) is 6.59. The van der Waals surface area contributed by atoms with Crippen LogP contribution in [0.15, 0.2) is 52.9 Å². The third-order valence-electron chi connectivity index (χ3n) is 5.76. The minimum atomic E-state index is -0.605. The van der Waals surface area contributed by atoms with Crippen molar-refractivity contribution in [1.29, 1.82) is 0 Å². The zero-order valence-corrected chi connectivity index (χ0v) is 21.6. The first-order chi connectivity index (χ1) is 17.0. The first-order valence-electron chi connectivity index (χ1n) is 11.5. The Kier molecular flexibility index (Phi) is 8.74. The molecule has 0 aliphatic carbocycles. The van der Waals surface area contributed by atoms with Gasteiger partial charge in [-0.15, -0.1) is 10.2 Å². The smallest absolute Gasteiger partial charge is 0.319 e. The lowest BCUT2D eigenvalue weighted by Gasteiger charge is -2.41. The van der Waals surface area contributed by atoms with Crippen molar-refractivity contribution in [2.45, 2.75) is 50.2 Å². The summed E-state index contributed by atoms with van der Waals surface area (Å²) < 4.78 is 13.9. The molecule has 0 spiro atoms. The first kappa shape index (κ1) is 25.6. The van der Waals surface area contributed by atoms with E-state index in [0.29, 0.717) is 18.0 Å². The maximum atomic E-state index is 12.0. The van der Waals surface area contributed by atoms with Gasteiger partial charge in [0.1, 0.15) is 5.01 Å². The molecule has 2 aromatic carbocycles. The number of carbonyl (C=O) groups excluding carboxylic acids is 1. The van der Waals surface area contributed by atoms with Crippen LogP contribution in [0.1, 0.15) is 47.9 Å². The molecule has 1 aliphatic heterocycles. The number of amides is 2. The van der Waals surface area contributed by atoms with Gasteiger partial charge in [0.15, 0.2) is 10.6 Å². The number of hydrogen-bond acceptors (Lipinski definition) is 8. The Morgan fingerprint density at radius 1 is 1.14 bits per heavy atom. The Labute approximate surface area is 213 Å². The van der Waals surface area contributed by atoms with E-state index in [1.807, 2.05) is 62.4 Å². The van der Waals surface area contributed by atoms with Crippen molar-refractivity contribution >= 4 is 34.8 Å². The van der Waals surface area contributed by atoms with E-state index < -0.39 is 6.29 Å². The number of aromatic nitrogens is 2. The van der Waals surface area contributed by atoms with E-state index in [0.717, 1.165) is 26.0 Å². The predicted molar refractivity (Wildman–Crippen MR) is 137 cm³/mol. The molecule has 0 bridgehead atoms. The lowest BCUT2D eigenvalue weighted by molar-refractivity contribution is -0.268. The summed E-state index contributed by atoms with van der Waals surface area (Å²) in [6, 6.07) is 15.1. The minimum absolute atomic E-state index is 0.000967. The third-order valence-corrected chi connectivity index (χ3v) is 7.82. The standard InChI is InChI=1S/C25H30N4O4S2/c1-4-26-24(31)27-20-7-5-6-19(12-20)23-32-21(14-34-25-29-28-16(3)35-25)15(2)22(33-23)18-10-8-17(13-30)9-11-18/h5-12,15,21-23,30H,4,13-14H2,1-3H3,(H2,26,27,31)/t15-,21+,22+,23+/m1/s1. The number of thioether (sulfide) groups is 1. The number of benzene rings is 2. The highest BCUT2D eigenvalue weighted by atomic mass is 32.2. The number of anilines is 1. The van der Waals surface area contributed by atoms with E-state index in [9.17, 15) is 9.90 Å². The van der Waals surface area contributed by atoms with Gasteiger partial charge in [-0.25, -0.2) is 4.79 Å². The number of carbonyl (C=O) groups is 1. The largest absolute Gasteiger partial charge is 0.392 e. The molecule has 3 aromatic rings. The molecule has 1 aliphatic rings. The van der Waals surface area contributed by atoms with Crippen molar-refractivity contribution < 1.29 is 19.4 Å². The molecule has 2 amide bonds. The van der Waals surface area contributed by atoms with Gasteiger partial charge in [-0.1, -0.05) is 66.4 Å². The van der Waals surface area contributed by atoms with Crippen molar-refractivity contribution in [3.63, 3.8) is 0 Å². The van der Waals surface area contributed by atoms with Crippen LogP contribution in [0.3, 0.4) is 0 Å². The fourth-order valence-corrected chi connectivity index (χ4v) is 5.90. The highest BCUT2D eigenvalue weighted by Crippen LogP contribution is 2.43. The summed E-state index contributed by atoms with van der Waals surface area (Å²) in [5.74, 6) is 0.780. The number of nitrogens with zero attached hydrogens (tertiary/aromatic N) is 2. The molecule has 0 unspecified atom stereocenters. The van der Waals surface area contributed by atoms with E-state index >= 15 is 0 Å². The number of urea groups is 1. The van der Waals surface area contributed by atoms with E-state index in [1.54, 1.807) is 23.1 Å². The summed E-state index contributed by atoms with van der Waals surface area (Å²) in [7, 11) is 0. The Balaban J connectivity index is 1.57. The monoisotopic (exact) mass is 514 g/mol. The molecule has 1 fully saturated rings. The van der Waals surface area contributed by atoms with E-state index in [-0.39, 0.29) is 30.8 Å². The van der Waals surface area contributed by atoms with E-state index in [1.165, 1.54) is 0 Å². The zero-order valence-electron chi connectivity index (χ0n) is 19.9. The molecular formula is C25H30N4O4S2. The molecule has 10 heteroatoms. The number of aliphatic hydroxyl groups excluding tert-OH is 1. The van der Waals surface area contributed by atoms with Gasteiger partial charge in [0.05, 0.1) is 18.8 Å². The Morgan fingerprint density at radius 2 is 1.94 bits per heavy atom. The molecule has 35 heavy (non-hydrogen) atoms. The van der Waals surface area contributed by atoms with Gasteiger partial charge in [-0.05, 0) is 37.1 Å². The van der Waals surface area contributed by atoms with Gasteiger partial charge in [0.25, 0.3) is 0 Å². The summed E-state index contributed by atoms with van der Waals surface area (Å²) in [6.45, 7) is 6.49. The summed E-state index contributed by atoms with van der Waals surface area (Å²) in [5.41, 5.74) is 3.37. The van der Waals surface area contributed by atoms with Crippen LogP contribution in [0.4, 0.5) is 10.5 Å². The van der Waals surface area contributed by atoms with Crippen LogP contribution in [0.5, 0.6) is 0 Å². The van der Waals surface area contributed by atoms with Crippen molar-refractivity contribution in [2.24, 2.45) is 5.92 Å². The maximum Gasteiger partial charge on any atom is 0.319 e. The topological polar surface area (TPSA) is 106 Å². The average molecular weight is 515 g/mol. The summed E-state index contributed by atoms with van der Waals surface area (Å²) >= 11 is 3.21. The summed E-state index contributed by atoms with van der Waals surface area (Å²) in [5, 5.41) is 24.3. The van der Waals surface area contributed by atoms with Crippen molar-refractivity contribution in [3.8, 4) is 0 Å². The minimum Gasteiger partial charge on any atom is -0.392 e. The quantitative estimate of drug-likeness (QED) is 0.361. The zero-order chi connectivity index (χ0) is 24.8. The van der Waals surface area contributed by atoms with Crippen molar-refractivity contribution in [1.82, 2.24) is 15.5 Å². The summed E-state index contributed by atoms with van der Waals surface area (Å²) in [6.07, 6.45) is -0.916. The second-order valence-corrected chi connectivity index (χ2v) is 10.8. The van der Waals surface area contributed by atoms with Gasteiger partial charge in [-0.2, -0.15) is 0 Å². The number of nitrogens with one attached hydrogen (secondary N) is 2. The number of ether oxygens (including phenoxy) is 2. The van der Waals surface area contributed by atoms with E-state index in [4.69, 9.17) is 9.47 Å². The average Bonchev–Trinajstić information content (AvgIpc) is 3.29. The Morgan fingerprint density at radius 3 is 2.63 bits per heavy atom. The molecule has 1 aromatic heterocycles. The highest BCUT2D eigenvalue weighted by molar-refractivity contribution is 8.01. The van der Waals surface area contributed by atoms with Gasteiger partial charge in [0, 0.05) is 29.5 Å². The first-order valence-corrected chi connectivity index (χ1v) is 13.4. The number of aliphatic hydroxyl groups is 1. The maximum absolute atomic E-state index is 12.0. The van der Waals surface area contributed by atoms with E-state index in [2.05, 4.69) is 27.8 Å². The molecule has 8 nitrogen and oxygen atoms in total. The van der Waals surface area contributed by atoms with Crippen LogP contribution in [0.2, 0.25) is 0 Å². The lowest BCUT2D eigenvalue weighted by atomic mass is 9.91. The van der Waals surface area contributed by atoms with Crippen LogP contribution in [0, 0.1) is 12.8 Å². The van der Waals surface area contributed by atoms with Crippen molar-refractivity contribution in [2.75, 3.05) is 17.6 Å². The molecule has 1 saturated heterocycles. The molecule has 0 radical (unpaired) electrons. The molecule has 4 rings (SSSR count). The van der Waals surface area contributed by atoms with Crippen molar-refractivity contribution in [3.05, 3.63) is 70.2 Å². The van der Waals surface area contributed by atoms with Crippen LogP contribution in [0.25, 0.3) is 0 Å². The lowest BCUT2D eigenvalue weighted by Crippen LogP contribution is -2.38. The Bertz CT molecular complexity index is 1120. The predicted octanol–water partition coefficient (Wildman–Crippen LogP) is 5.06. The van der Waals surface area contributed by atoms with Crippen LogP contribution < -0.4 is 10.6 Å². The number of hydrogen-bond donors (Lipinski definition) is 3. The van der Waals surface area contributed by atoms with Gasteiger partial charge >= 0.3 is 6.03 Å². The number of rotatable bonds is 8. The summed E-state index contributed by atoms with van der Waals surface area (Å²) in [4.78, 5) is 12.0. The second kappa shape index (κ2) is 12.0. The Hall–Kier alpha value is -2.50. The second-order valence-electron chi connectivity index (χ2n) is 8.33. The highest BCUT2D eigenvalue weighted by Gasteiger charge is 2.38. The molecule has 0 saturated carbocycles. The SMILES string of the molecule is CCNC(=O)Nc1cccc([C@H]2O[C@@H](CSc3nnc(C)s3)[C@@H](C)[C@@H](c3ccc(CO)cc3)O2)c1.